The molecule has 3 heteroatoms. The van der Waals surface area contributed by atoms with Crippen molar-refractivity contribution < 1.29 is 5.11 Å². The van der Waals surface area contributed by atoms with Gasteiger partial charge in [-0.25, -0.2) is 0 Å². The average molecular weight is 263 g/mol. The average Bonchev–Trinajstić information content (AvgIpc) is 2.72. The first-order valence-electron chi connectivity index (χ1n) is 6.65. The van der Waals surface area contributed by atoms with Crippen LogP contribution in [0.25, 0.3) is 0 Å². The Hall–Kier alpha value is -0.820. The minimum atomic E-state index is 0.148. The first kappa shape index (κ1) is 13.6. The summed E-state index contributed by atoms with van der Waals surface area (Å²) in [5.41, 5.74) is 0. The van der Waals surface area contributed by atoms with Crippen LogP contribution in [-0.4, -0.2) is 30.2 Å². The quantitative estimate of drug-likeness (QED) is 0.826. The summed E-state index contributed by atoms with van der Waals surface area (Å²) in [6.07, 6.45) is 4.80. The monoisotopic (exact) mass is 263 g/mol. The van der Waals surface area contributed by atoms with E-state index in [0.717, 1.165) is 17.3 Å². The van der Waals surface area contributed by atoms with Crippen LogP contribution >= 0.6 is 11.3 Å². The zero-order valence-corrected chi connectivity index (χ0v) is 11.8. The van der Waals surface area contributed by atoms with Gasteiger partial charge in [0.25, 0.3) is 0 Å². The molecule has 98 valence electrons. The van der Waals surface area contributed by atoms with Gasteiger partial charge in [0.05, 0.1) is 11.5 Å². The molecule has 1 fully saturated rings. The molecule has 0 aliphatic heterocycles. The summed E-state index contributed by atoms with van der Waals surface area (Å²) in [6.45, 7) is 2.40. The maximum absolute atomic E-state index is 8.68. The number of aliphatic hydroxyl groups excluding tert-OH is 1. The molecule has 1 aromatic heterocycles. The molecule has 0 aromatic carbocycles. The highest BCUT2D eigenvalue weighted by Gasteiger charge is 2.19. The molecule has 0 bridgehead atoms. The Morgan fingerprint density at radius 1 is 1.44 bits per heavy atom. The first-order valence-corrected chi connectivity index (χ1v) is 7.46. The van der Waals surface area contributed by atoms with Gasteiger partial charge in [-0.05, 0) is 37.9 Å². The molecule has 1 aliphatic rings. The molecule has 2 nitrogen and oxygen atoms in total. The topological polar surface area (TPSA) is 23.5 Å². The van der Waals surface area contributed by atoms with Crippen molar-refractivity contribution in [1.82, 2.24) is 4.90 Å². The normalized spacial score (nSPS) is 15.3. The van der Waals surface area contributed by atoms with Crippen molar-refractivity contribution in [3.8, 4) is 11.8 Å². The fourth-order valence-corrected chi connectivity index (χ4v) is 3.15. The van der Waals surface area contributed by atoms with E-state index in [9.17, 15) is 0 Å². The highest BCUT2D eigenvalue weighted by atomic mass is 32.1. The summed E-state index contributed by atoms with van der Waals surface area (Å²) in [7, 11) is 2.20. The Balaban J connectivity index is 1.80. The molecule has 18 heavy (non-hydrogen) atoms. The molecule has 1 aliphatic carbocycles. The second-order valence-electron chi connectivity index (χ2n) is 5.04. The van der Waals surface area contributed by atoms with Crippen LogP contribution in [0, 0.1) is 17.8 Å². The van der Waals surface area contributed by atoms with Crippen LogP contribution in [0.5, 0.6) is 0 Å². The summed E-state index contributed by atoms with van der Waals surface area (Å²) in [5, 5.41) is 8.68. The van der Waals surface area contributed by atoms with Gasteiger partial charge in [-0.15, -0.1) is 11.3 Å². The third-order valence-corrected chi connectivity index (χ3v) is 4.32. The number of hydrogen-bond donors (Lipinski definition) is 1. The fraction of sp³-hybridized carbons (Fsp3) is 0.600. The lowest BCUT2D eigenvalue weighted by molar-refractivity contribution is 0.201. The van der Waals surface area contributed by atoms with Crippen molar-refractivity contribution in [1.29, 1.82) is 0 Å². The van der Waals surface area contributed by atoms with E-state index >= 15 is 0 Å². The SMILES string of the molecule is CN(Cc1ccc(C#CCCO)s1)CC1CCC1. The van der Waals surface area contributed by atoms with E-state index < -0.39 is 0 Å². The Labute approximate surface area is 114 Å². The lowest BCUT2D eigenvalue weighted by atomic mass is 9.85. The van der Waals surface area contributed by atoms with Crippen molar-refractivity contribution in [3.05, 3.63) is 21.9 Å². The van der Waals surface area contributed by atoms with Gasteiger partial charge in [0, 0.05) is 24.4 Å². The van der Waals surface area contributed by atoms with E-state index in [4.69, 9.17) is 5.11 Å². The molecule has 1 heterocycles. The molecule has 0 saturated heterocycles. The minimum Gasteiger partial charge on any atom is -0.395 e. The number of thiophene rings is 1. The first-order chi connectivity index (χ1) is 8.78. The summed E-state index contributed by atoms with van der Waals surface area (Å²) < 4.78 is 0. The summed E-state index contributed by atoms with van der Waals surface area (Å²) in [6, 6.07) is 4.26. The maximum Gasteiger partial charge on any atom is 0.0771 e. The van der Waals surface area contributed by atoms with Gasteiger partial charge >= 0.3 is 0 Å². The maximum atomic E-state index is 8.68. The van der Waals surface area contributed by atoms with E-state index in [1.54, 1.807) is 11.3 Å². The molecule has 0 amide bonds. The van der Waals surface area contributed by atoms with Gasteiger partial charge in [0.2, 0.25) is 0 Å². The Morgan fingerprint density at radius 3 is 2.94 bits per heavy atom. The van der Waals surface area contributed by atoms with E-state index in [1.807, 2.05) is 0 Å². The van der Waals surface area contributed by atoms with Crippen molar-refractivity contribution in [2.24, 2.45) is 5.92 Å². The van der Waals surface area contributed by atoms with Crippen molar-refractivity contribution in [2.75, 3.05) is 20.2 Å². The minimum absolute atomic E-state index is 0.148. The molecule has 0 unspecified atom stereocenters. The Kier molecular flexibility index (Phi) is 5.25. The van der Waals surface area contributed by atoms with Crippen LogP contribution in [0.2, 0.25) is 0 Å². The van der Waals surface area contributed by atoms with E-state index in [2.05, 4.69) is 35.9 Å². The molecule has 2 rings (SSSR count). The van der Waals surface area contributed by atoms with Gasteiger partial charge < -0.3 is 10.0 Å². The Bertz CT molecular complexity index is 425. The van der Waals surface area contributed by atoms with Crippen LogP contribution in [0.4, 0.5) is 0 Å². The molecular weight excluding hydrogens is 242 g/mol. The van der Waals surface area contributed by atoms with E-state index in [0.29, 0.717) is 6.42 Å². The number of aliphatic hydroxyl groups is 1. The molecule has 1 aromatic rings. The van der Waals surface area contributed by atoms with Crippen molar-refractivity contribution >= 4 is 11.3 Å². The number of nitrogens with zero attached hydrogens (tertiary/aromatic N) is 1. The highest BCUT2D eigenvalue weighted by molar-refractivity contribution is 7.12. The second kappa shape index (κ2) is 6.94. The van der Waals surface area contributed by atoms with Gasteiger partial charge in [-0.3, -0.25) is 0 Å². The van der Waals surface area contributed by atoms with Crippen LogP contribution in [-0.2, 0) is 6.54 Å². The standard InChI is InChI=1S/C15H21NOS/c1-16(11-13-5-4-6-13)12-15-9-8-14(18-15)7-2-3-10-17/h8-9,13,17H,3-6,10-12H2,1H3. The van der Waals surface area contributed by atoms with Crippen LogP contribution in [0.1, 0.15) is 35.4 Å². The summed E-state index contributed by atoms with van der Waals surface area (Å²) in [5.74, 6) is 6.99. The van der Waals surface area contributed by atoms with Crippen LogP contribution in [0.3, 0.4) is 0 Å². The molecule has 0 atom stereocenters. The van der Waals surface area contributed by atoms with Gasteiger partial charge in [0.1, 0.15) is 0 Å². The Morgan fingerprint density at radius 2 is 2.28 bits per heavy atom. The highest BCUT2D eigenvalue weighted by Crippen LogP contribution is 2.27. The largest absolute Gasteiger partial charge is 0.395 e. The number of hydrogen-bond acceptors (Lipinski definition) is 3. The summed E-state index contributed by atoms with van der Waals surface area (Å²) >= 11 is 1.77. The third-order valence-electron chi connectivity index (χ3n) is 3.33. The third kappa shape index (κ3) is 4.13. The van der Waals surface area contributed by atoms with Gasteiger partial charge in [-0.2, -0.15) is 0 Å². The van der Waals surface area contributed by atoms with Gasteiger partial charge in [-0.1, -0.05) is 18.3 Å². The lowest BCUT2D eigenvalue weighted by Gasteiger charge is -2.29. The van der Waals surface area contributed by atoms with Crippen LogP contribution in [0.15, 0.2) is 12.1 Å². The predicted octanol–water partition coefficient (Wildman–Crippen LogP) is 2.71. The van der Waals surface area contributed by atoms with Crippen molar-refractivity contribution in [2.45, 2.75) is 32.2 Å². The second-order valence-corrected chi connectivity index (χ2v) is 6.20. The zero-order chi connectivity index (χ0) is 12.8. The smallest absolute Gasteiger partial charge is 0.0771 e. The molecule has 1 saturated carbocycles. The van der Waals surface area contributed by atoms with Gasteiger partial charge in [0.15, 0.2) is 0 Å². The number of rotatable bonds is 5. The molecule has 1 N–H and O–H groups in total. The van der Waals surface area contributed by atoms with E-state index in [-0.39, 0.29) is 6.61 Å². The molecule has 0 spiro atoms. The molecular formula is C15H21NOS. The van der Waals surface area contributed by atoms with Crippen LogP contribution < -0.4 is 0 Å². The zero-order valence-electron chi connectivity index (χ0n) is 11.0. The predicted molar refractivity (Wildman–Crippen MR) is 76.6 cm³/mol. The lowest BCUT2D eigenvalue weighted by Crippen LogP contribution is -2.28. The van der Waals surface area contributed by atoms with E-state index in [1.165, 1.54) is 30.7 Å². The van der Waals surface area contributed by atoms with Crippen molar-refractivity contribution in [3.63, 3.8) is 0 Å². The fourth-order valence-electron chi connectivity index (χ4n) is 2.18. The molecule has 0 radical (unpaired) electrons. The summed E-state index contributed by atoms with van der Waals surface area (Å²) in [4.78, 5) is 4.90.